The SMILES string of the molecule is COCCOCCOCCC(N)Cc1ccc(Br)cc1. The van der Waals surface area contributed by atoms with Gasteiger partial charge in [0.2, 0.25) is 0 Å². The lowest BCUT2D eigenvalue weighted by molar-refractivity contribution is 0.0234. The van der Waals surface area contributed by atoms with Crippen molar-refractivity contribution in [1.29, 1.82) is 0 Å². The van der Waals surface area contributed by atoms with Gasteiger partial charge in [0.05, 0.1) is 26.4 Å². The van der Waals surface area contributed by atoms with Gasteiger partial charge >= 0.3 is 0 Å². The van der Waals surface area contributed by atoms with E-state index in [4.69, 9.17) is 19.9 Å². The van der Waals surface area contributed by atoms with Crippen LogP contribution in [0.2, 0.25) is 0 Å². The summed E-state index contributed by atoms with van der Waals surface area (Å²) in [6.45, 7) is 3.12. The van der Waals surface area contributed by atoms with Crippen LogP contribution in [0.4, 0.5) is 0 Å². The summed E-state index contributed by atoms with van der Waals surface area (Å²) in [4.78, 5) is 0. The lowest BCUT2D eigenvalue weighted by Gasteiger charge is -2.12. The monoisotopic (exact) mass is 345 g/mol. The first-order chi connectivity index (χ1) is 9.72. The Balaban J connectivity index is 2.00. The van der Waals surface area contributed by atoms with Crippen LogP contribution in [0.25, 0.3) is 0 Å². The molecule has 2 N–H and O–H groups in total. The fraction of sp³-hybridized carbons (Fsp3) is 0.600. The van der Waals surface area contributed by atoms with Crippen LogP contribution in [0.1, 0.15) is 12.0 Å². The van der Waals surface area contributed by atoms with E-state index in [-0.39, 0.29) is 6.04 Å². The number of halogens is 1. The Morgan fingerprint density at radius 3 is 2.25 bits per heavy atom. The van der Waals surface area contributed by atoms with E-state index < -0.39 is 0 Å². The maximum Gasteiger partial charge on any atom is 0.0701 e. The minimum absolute atomic E-state index is 0.130. The van der Waals surface area contributed by atoms with E-state index >= 15 is 0 Å². The molecule has 5 heteroatoms. The van der Waals surface area contributed by atoms with Crippen LogP contribution in [-0.4, -0.2) is 46.2 Å². The second-order valence-electron chi connectivity index (χ2n) is 4.60. The van der Waals surface area contributed by atoms with Gasteiger partial charge in [-0.2, -0.15) is 0 Å². The summed E-state index contributed by atoms with van der Waals surface area (Å²) in [5, 5.41) is 0. The molecule has 1 rings (SSSR count). The predicted molar refractivity (Wildman–Crippen MR) is 84.0 cm³/mol. The maximum atomic E-state index is 6.08. The summed E-state index contributed by atoms with van der Waals surface area (Å²) < 4.78 is 16.8. The molecule has 0 aliphatic heterocycles. The summed E-state index contributed by atoms with van der Waals surface area (Å²) in [6.07, 6.45) is 1.73. The standard InChI is InChI=1S/C15H24BrNO3/c1-18-8-9-20-11-10-19-7-6-15(17)12-13-2-4-14(16)5-3-13/h2-5,15H,6-12,17H2,1H3. The lowest BCUT2D eigenvalue weighted by atomic mass is 10.0. The quantitative estimate of drug-likeness (QED) is 0.625. The van der Waals surface area contributed by atoms with Gasteiger partial charge in [0.25, 0.3) is 0 Å². The van der Waals surface area contributed by atoms with E-state index in [1.807, 2.05) is 12.1 Å². The van der Waals surface area contributed by atoms with E-state index in [0.717, 1.165) is 17.3 Å². The van der Waals surface area contributed by atoms with Crippen molar-refractivity contribution >= 4 is 15.9 Å². The molecule has 1 atom stereocenters. The number of methoxy groups -OCH3 is 1. The van der Waals surface area contributed by atoms with Crippen molar-refractivity contribution in [3.8, 4) is 0 Å². The Labute approximate surface area is 129 Å². The van der Waals surface area contributed by atoms with Gasteiger partial charge in [-0.3, -0.25) is 0 Å². The fourth-order valence-corrected chi connectivity index (χ4v) is 1.99. The molecule has 0 saturated carbocycles. The summed E-state index contributed by atoms with van der Waals surface area (Å²) in [5.74, 6) is 0. The molecule has 1 aromatic rings. The minimum Gasteiger partial charge on any atom is -0.382 e. The van der Waals surface area contributed by atoms with Crippen molar-refractivity contribution in [2.45, 2.75) is 18.9 Å². The lowest BCUT2D eigenvalue weighted by Crippen LogP contribution is -2.25. The van der Waals surface area contributed by atoms with Crippen LogP contribution in [0.3, 0.4) is 0 Å². The molecule has 1 unspecified atom stereocenters. The average molecular weight is 346 g/mol. The Morgan fingerprint density at radius 2 is 1.60 bits per heavy atom. The van der Waals surface area contributed by atoms with Gasteiger partial charge in [0.1, 0.15) is 0 Å². The third kappa shape index (κ3) is 8.66. The van der Waals surface area contributed by atoms with Gasteiger partial charge in [-0.25, -0.2) is 0 Å². The van der Waals surface area contributed by atoms with Crippen LogP contribution >= 0.6 is 15.9 Å². The van der Waals surface area contributed by atoms with E-state index in [9.17, 15) is 0 Å². The van der Waals surface area contributed by atoms with Crippen molar-refractivity contribution < 1.29 is 14.2 Å². The molecule has 4 nitrogen and oxygen atoms in total. The van der Waals surface area contributed by atoms with Gasteiger partial charge in [-0.05, 0) is 30.5 Å². The highest BCUT2D eigenvalue weighted by molar-refractivity contribution is 9.10. The van der Waals surface area contributed by atoms with Crippen molar-refractivity contribution in [3.05, 3.63) is 34.3 Å². The molecule has 0 spiro atoms. The maximum absolute atomic E-state index is 6.08. The first kappa shape index (κ1) is 17.6. The smallest absolute Gasteiger partial charge is 0.0701 e. The van der Waals surface area contributed by atoms with Crippen molar-refractivity contribution in [2.24, 2.45) is 5.73 Å². The number of benzene rings is 1. The van der Waals surface area contributed by atoms with Gasteiger partial charge in [-0.1, -0.05) is 28.1 Å². The summed E-state index contributed by atoms with van der Waals surface area (Å²) in [6, 6.07) is 8.39. The average Bonchev–Trinajstić information content (AvgIpc) is 2.44. The number of ether oxygens (including phenoxy) is 3. The van der Waals surface area contributed by atoms with E-state index in [1.54, 1.807) is 7.11 Å². The molecular weight excluding hydrogens is 322 g/mol. The Morgan fingerprint density at radius 1 is 1.00 bits per heavy atom. The molecule has 114 valence electrons. The predicted octanol–water partition coefficient (Wildman–Crippen LogP) is 2.39. The summed E-state index contributed by atoms with van der Waals surface area (Å²) in [5.41, 5.74) is 7.34. The molecule has 0 saturated heterocycles. The zero-order valence-corrected chi connectivity index (χ0v) is 13.6. The van der Waals surface area contributed by atoms with Crippen LogP contribution in [0, 0.1) is 0 Å². The summed E-state index contributed by atoms with van der Waals surface area (Å²) in [7, 11) is 1.66. The number of hydrogen-bond donors (Lipinski definition) is 1. The highest BCUT2D eigenvalue weighted by Gasteiger charge is 2.04. The fourth-order valence-electron chi connectivity index (χ4n) is 1.72. The largest absolute Gasteiger partial charge is 0.382 e. The molecule has 0 aromatic heterocycles. The van der Waals surface area contributed by atoms with Crippen molar-refractivity contribution in [3.63, 3.8) is 0 Å². The van der Waals surface area contributed by atoms with E-state index in [2.05, 4.69) is 28.1 Å². The van der Waals surface area contributed by atoms with Crippen LogP contribution in [-0.2, 0) is 20.6 Å². The van der Waals surface area contributed by atoms with E-state index in [1.165, 1.54) is 5.56 Å². The van der Waals surface area contributed by atoms with Crippen LogP contribution in [0.15, 0.2) is 28.7 Å². The first-order valence-electron chi connectivity index (χ1n) is 6.87. The molecule has 0 aliphatic rings. The van der Waals surface area contributed by atoms with Crippen LogP contribution in [0.5, 0.6) is 0 Å². The van der Waals surface area contributed by atoms with Gasteiger partial charge in [0, 0.05) is 24.2 Å². The first-order valence-corrected chi connectivity index (χ1v) is 7.66. The number of nitrogens with two attached hydrogens (primary N) is 1. The highest BCUT2D eigenvalue weighted by Crippen LogP contribution is 2.12. The van der Waals surface area contributed by atoms with Gasteiger partial charge in [0.15, 0.2) is 0 Å². The summed E-state index contributed by atoms with van der Waals surface area (Å²) >= 11 is 3.42. The van der Waals surface area contributed by atoms with Gasteiger partial charge < -0.3 is 19.9 Å². The zero-order chi connectivity index (χ0) is 14.6. The molecule has 20 heavy (non-hydrogen) atoms. The van der Waals surface area contributed by atoms with E-state index in [0.29, 0.717) is 33.0 Å². The van der Waals surface area contributed by atoms with Crippen LogP contribution < -0.4 is 5.73 Å². The molecule has 0 heterocycles. The van der Waals surface area contributed by atoms with Crippen molar-refractivity contribution in [2.75, 3.05) is 40.1 Å². The highest BCUT2D eigenvalue weighted by atomic mass is 79.9. The molecule has 0 radical (unpaired) electrons. The topological polar surface area (TPSA) is 53.7 Å². The normalized spacial score (nSPS) is 12.6. The second-order valence-corrected chi connectivity index (χ2v) is 5.51. The number of rotatable bonds is 11. The Kier molecular flexibility index (Phi) is 9.87. The molecule has 0 fully saturated rings. The number of hydrogen-bond acceptors (Lipinski definition) is 4. The molecule has 0 aliphatic carbocycles. The minimum atomic E-state index is 0.130. The second kappa shape index (κ2) is 11.2. The van der Waals surface area contributed by atoms with Gasteiger partial charge in [-0.15, -0.1) is 0 Å². The van der Waals surface area contributed by atoms with Crippen molar-refractivity contribution in [1.82, 2.24) is 0 Å². The molecule has 0 bridgehead atoms. The third-order valence-corrected chi connectivity index (χ3v) is 3.38. The molecule has 0 amide bonds. The molecular formula is C15H24BrNO3. The third-order valence-electron chi connectivity index (χ3n) is 2.85. The Bertz CT molecular complexity index is 345. The Hall–Kier alpha value is -0.460. The zero-order valence-electron chi connectivity index (χ0n) is 12.0. The molecule has 1 aromatic carbocycles.